The van der Waals surface area contributed by atoms with Gasteiger partial charge < -0.3 is 14.3 Å². The predicted octanol–water partition coefficient (Wildman–Crippen LogP) is 3.20. The Morgan fingerprint density at radius 2 is 2.36 bits per heavy atom. The molecule has 3 aromatic rings. The van der Waals surface area contributed by atoms with E-state index in [4.69, 9.17) is 4.42 Å². The summed E-state index contributed by atoms with van der Waals surface area (Å²) in [4.78, 5) is 12.3. The minimum atomic E-state index is -0.199. The van der Waals surface area contributed by atoms with Crippen LogP contribution in [-0.4, -0.2) is 26.4 Å². The highest BCUT2D eigenvalue weighted by Gasteiger charge is 2.20. The van der Waals surface area contributed by atoms with E-state index in [2.05, 4.69) is 21.6 Å². The largest absolute Gasteiger partial charge is 0.467 e. The molecule has 7 nitrogen and oxygen atoms in total. The first kappa shape index (κ1) is 17.3. The van der Waals surface area contributed by atoms with E-state index in [0.29, 0.717) is 17.9 Å². The summed E-state index contributed by atoms with van der Waals surface area (Å²) < 4.78 is 8.02. The van der Waals surface area contributed by atoms with Gasteiger partial charge in [-0.15, -0.1) is 10.2 Å². The van der Waals surface area contributed by atoms with Crippen molar-refractivity contribution in [3.63, 3.8) is 0 Å². The van der Waals surface area contributed by atoms with Gasteiger partial charge in [0, 0.05) is 5.69 Å². The van der Waals surface area contributed by atoms with Crippen molar-refractivity contribution in [1.82, 2.24) is 14.8 Å². The molecule has 128 valence electrons. The summed E-state index contributed by atoms with van der Waals surface area (Å²) in [7, 11) is 0. The average molecular weight is 373 g/mol. The molecule has 0 aliphatic carbocycles. The van der Waals surface area contributed by atoms with Crippen LogP contribution in [0.4, 0.5) is 5.82 Å². The summed E-state index contributed by atoms with van der Waals surface area (Å²) in [6.07, 6.45) is 1.60. The fraction of sp³-hybridized carbons (Fsp3) is 0.250. The third-order valence-corrected chi connectivity index (χ3v) is 5.62. The molecule has 0 unspecified atom stereocenters. The second-order valence-corrected chi connectivity index (χ2v) is 7.31. The molecule has 1 N–H and O–H groups in total. The standard InChI is InChI=1S/C16H15N5O2S2/c1-10-11(2)21(7-12-4-3-5-23-12)15(13(10)6-17)19-14(22)8-24-16-20-18-9-25-16/h3-5,9H,7-8H2,1-2H3,(H,19,22). The first-order chi connectivity index (χ1) is 12.1. The highest BCUT2D eigenvalue weighted by atomic mass is 32.2. The number of carbonyl (C=O) groups excluding carboxylic acids is 1. The third kappa shape index (κ3) is 3.75. The van der Waals surface area contributed by atoms with Crippen LogP contribution >= 0.6 is 23.1 Å². The second-order valence-electron chi connectivity index (χ2n) is 5.25. The number of nitriles is 1. The minimum Gasteiger partial charge on any atom is -0.467 e. The molecule has 3 aromatic heterocycles. The maximum atomic E-state index is 12.3. The van der Waals surface area contributed by atoms with Gasteiger partial charge in [-0.1, -0.05) is 23.1 Å². The Morgan fingerprint density at radius 3 is 3.00 bits per heavy atom. The molecule has 0 aliphatic heterocycles. The Kier molecular flexibility index (Phi) is 5.21. The Labute approximate surface area is 152 Å². The Hall–Kier alpha value is -2.57. The number of anilines is 1. The summed E-state index contributed by atoms with van der Waals surface area (Å²) in [5.41, 5.74) is 3.86. The zero-order valence-corrected chi connectivity index (χ0v) is 15.3. The minimum absolute atomic E-state index is 0.199. The monoisotopic (exact) mass is 373 g/mol. The van der Waals surface area contributed by atoms with E-state index in [1.165, 1.54) is 23.1 Å². The molecule has 0 spiro atoms. The van der Waals surface area contributed by atoms with Gasteiger partial charge in [-0.25, -0.2) is 0 Å². The van der Waals surface area contributed by atoms with Crippen molar-refractivity contribution in [2.24, 2.45) is 0 Å². The molecule has 3 rings (SSSR count). The van der Waals surface area contributed by atoms with E-state index < -0.39 is 0 Å². The molecule has 0 fully saturated rings. The molecule has 0 atom stereocenters. The molecule has 1 amide bonds. The summed E-state index contributed by atoms with van der Waals surface area (Å²) >= 11 is 2.69. The van der Waals surface area contributed by atoms with Crippen molar-refractivity contribution in [1.29, 1.82) is 5.26 Å². The van der Waals surface area contributed by atoms with Gasteiger partial charge >= 0.3 is 0 Å². The zero-order valence-electron chi connectivity index (χ0n) is 13.6. The molecule has 0 saturated heterocycles. The van der Waals surface area contributed by atoms with Gasteiger partial charge in [0.25, 0.3) is 0 Å². The molecule has 0 aliphatic rings. The number of rotatable bonds is 6. The molecule has 9 heteroatoms. The van der Waals surface area contributed by atoms with Crippen molar-refractivity contribution < 1.29 is 9.21 Å². The third-order valence-electron chi connectivity index (χ3n) is 3.76. The summed E-state index contributed by atoms with van der Waals surface area (Å²) in [5, 5.41) is 20.0. The van der Waals surface area contributed by atoms with E-state index >= 15 is 0 Å². The van der Waals surface area contributed by atoms with Crippen LogP contribution in [0.15, 0.2) is 32.7 Å². The number of amides is 1. The van der Waals surface area contributed by atoms with Gasteiger partial charge in [0.1, 0.15) is 23.2 Å². The zero-order chi connectivity index (χ0) is 17.8. The number of aromatic nitrogens is 3. The van der Waals surface area contributed by atoms with Gasteiger partial charge in [-0.3, -0.25) is 4.79 Å². The number of thioether (sulfide) groups is 1. The molecule has 0 aromatic carbocycles. The average Bonchev–Trinajstić information content (AvgIpc) is 3.33. The molecule has 0 radical (unpaired) electrons. The highest BCUT2D eigenvalue weighted by molar-refractivity contribution is 8.01. The molecule has 25 heavy (non-hydrogen) atoms. The van der Waals surface area contributed by atoms with Crippen molar-refractivity contribution in [3.8, 4) is 6.07 Å². The van der Waals surface area contributed by atoms with Crippen LogP contribution < -0.4 is 5.32 Å². The summed E-state index contributed by atoms with van der Waals surface area (Å²) in [6.45, 7) is 4.24. The van der Waals surface area contributed by atoms with E-state index in [1.807, 2.05) is 30.5 Å². The Balaban J connectivity index is 1.82. The Morgan fingerprint density at radius 1 is 1.52 bits per heavy atom. The highest BCUT2D eigenvalue weighted by Crippen LogP contribution is 2.28. The number of hydrogen-bond acceptors (Lipinski definition) is 7. The molecular weight excluding hydrogens is 358 g/mol. The molecule has 3 heterocycles. The summed E-state index contributed by atoms with van der Waals surface area (Å²) in [5.74, 6) is 1.25. The lowest BCUT2D eigenvalue weighted by molar-refractivity contribution is -0.113. The van der Waals surface area contributed by atoms with Gasteiger partial charge in [0.2, 0.25) is 5.91 Å². The second kappa shape index (κ2) is 7.55. The van der Waals surface area contributed by atoms with Gasteiger partial charge in [0.15, 0.2) is 4.34 Å². The summed E-state index contributed by atoms with van der Waals surface area (Å²) in [6, 6.07) is 5.85. The fourth-order valence-corrected chi connectivity index (χ4v) is 3.70. The number of nitrogens with zero attached hydrogens (tertiary/aromatic N) is 4. The number of nitrogens with one attached hydrogen (secondary N) is 1. The van der Waals surface area contributed by atoms with Crippen LogP contribution in [0.3, 0.4) is 0 Å². The topological polar surface area (TPSA) is 96.7 Å². The van der Waals surface area contributed by atoms with E-state index in [-0.39, 0.29) is 11.7 Å². The molecule has 0 saturated carbocycles. The maximum absolute atomic E-state index is 12.3. The smallest absolute Gasteiger partial charge is 0.235 e. The van der Waals surface area contributed by atoms with Crippen molar-refractivity contribution in [2.45, 2.75) is 24.7 Å². The van der Waals surface area contributed by atoms with Gasteiger partial charge in [-0.2, -0.15) is 5.26 Å². The molecular formula is C16H15N5O2S2. The van der Waals surface area contributed by atoms with E-state index in [0.717, 1.165) is 21.4 Å². The fourth-order valence-electron chi connectivity index (χ4n) is 2.41. The predicted molar refractivity (Wildman–Crippen MR) is 95.7 cm³/mol. The van der Waals surface area contributed by atoms with Crippen LogP contribution in [0.1, 0.15) is 22.6 Å². The van der Waals surface area contributed by atoms with Crippen LogP contribution in [0, 0.1) is 25.2 Å². The van der Waals surface area contributed by atoms with Crippen LogP contribution in [-0.2, 0) is 11.3 Å². The van der Waals surface area contributed by atoms with Crippen molar-refractivity contribution in [3.05, 3.63) is 46.5 Å². The first-order valence-electron chi connectivity index (χ1n) is 7.41. The first-order valence-corrected chi connectivity index (χ1v) is 9.27. The number of furan rings is 1. The van der Waals surface area contributed by atoms with E-state index in [9.17, 15) is 10.1 Å². The quantitative estimate of drug-likeness (QED) is 0.667. The van der Waals surface area contributed by atoms with Crippen LogP contribution in [0.2, 0.25) is 0 Å². The van der Waals surface area contributed by atoms with Crippen LogP contribution in [0.5, 0.6) is 0 Å². The SMILES string of the molecule is Cc1c(C#N)c(NC(=O)CSc2nncs2)n(Cc2ccco2)c1C. The number of hydrogen-bond donors (Lipinski definition) is 1. The normalized spacial score (nSPS) is 10.6. The van der Waals surface area contributed by atoms with Gasteiger partial charge in [0.05, 0.1) is 24.1 Å². The van der Waals surface area contributed by atoms with Crippen molar-refractivity contribution >= 4 is 34.8 Å². The number of carbonyl (C=O) groups is 1. The van der Waals surface area contributed by atoms with E-state index in [1.54, 1.807) is 11.8 Å². The Bertz CT molecular complexity index is 908. The van der Waals surface area contributed by atoms with Gasteiger partial charge in [-0.05, 0) is 31.5 Å². The lowest BCUT2D eigenvalue weighted by Gasteiger charge is -2.11. The lowest BCUT2D eigenvalue weighted by atomic mass is 10.2. The molecule has 0 bridgehead atoms. The maximum Gasteiger partial charge on any atom is 0.235 e. The van der Waals surface area contributed by atoms with Crippen LogP contribution in [0.25, 0.3) is 0 Å². The van der Waals surface area contributed by atoms with Crippen molar-refractivity contribution in [2.75, 3.05) is 11.1 Å². The lowest BCUT2D eigenvalue weighted by Crippen LogP contribution is -2.18.